The average Bonchev–Trinajstić information content (AvgIpc) is 2.47. The van der Waals surface area contributed by atoms with Gasteiger partial charge in [-0.15, -0.1) is 0 Å². The first-order valence-electron chi connectivity index (χ1n) is 7.85. The van der Waals surface area contributed by atoms with Crippen LogP contribution in [-0.4, -0.2) is 82.1 Å². The Morgan fingerprint density at radius 2 is 1.61 bits per heavy atom. The topological polar surface area (TPSA) is 135 Å². The van der Waals surface area contributed by atoms with E-state index in [4.69, 9.17) is 19.9 Å². The first kappa shape index (κ1) is 20.7. The van der Waals surface area contributed by atoms with Crippen molar-refractivity contribution in [2.45, 2.75) is 76.0 Å². The molecule has 1 fully saturated rings. The fourth-order valence-corrected chi connectivity index (χ4v) is 2.17. The van der Waals surface area contributed by atoms with Crippen LogP contribution >= 0.6 is 0 Å². The molecule has 1 heterocycles. The maximum Gasteiger partial charge on any atom is 0.187 e. The summed E-state index contributed by atoms with van der Waals surface area (Å²) in [5, 5.41) is 38.7. The van der Waals surface area contributed by atoms with E-state index >= 15 is 0 Å². The summed E-state index contributed by atoms with van der Waals surface area (Å²) < 4.78 is 16.7. The highest BCUT2D eigenvalue weighted by Crippen LogP contribution is 2.27. The molecule has 8 heteroatoms. The third-order valence-electron chi connectivity index (χ3n) is 3.97. The van der Waals surface area contributed by atoms with E-state index in [1.54, 1.807) is 13.8 Å². The van der Waals surface area contributed by atoms with E-state index < -0.39 is 48.5 Å². The van der Waals surface area contributed by atoms with Crippen LogP contribution in [0.5, 0.6) is 0 Å². The summed E-state index contributed by atoms with van der Waals surface area (Å²) in [5.41, 5.74) is 4.46. The van der Waals surface area contributed by atoms with E-state index in [1.165, 1.54) is 0 Å². The smallest absolute Gasteiger partial charge is 0.187 e. The molecule has 0 radical (unpaired) electrons. The number of hydrogen-bond donors (Lipinski definition) is 5. The van der Waals surface area contributed by atoms with Crippen LogP contribution < -0.4 is 5.73 Å². The summed E-state index contributed by atoms with van der Waals surface area (Å²) in [6, 6.07) is 0. The van der Waals surface area contributed by atoms with Crippen LogP contribution in [0, 0.1) is 0 Å². The van der Waals surface area contributed by atoms with E-state index in [0.29, 0.717) is 19.6 Å². The van der Waals surface area contributed by atoms with Crippen molar-refractivity contribution in [1.82, 2.24) is 0 Å². The maximum atomic E-state index is 9.99. The molecule has 0 saturated carbocycles. The minimum absolute atomic E-state index is 0.390. The fourth-order valence-electron chi connectivity index (χ4n) is 2.17. The molecule has 0 aromatic rings. The van der Waals surface area contributed by atoms with Gasteiger partial charge in [-0.25, -0.2) is 0 Å². The van der Waals surface area contributed by atoms with Crippen molar-refractivity contribution < 1.29 is 34.6 Å². The lowest BCUT2D eigenvalue weighted by atomic mass is 9.98. The fraction of sp³-hybridized carbons (Fsp3) is 1.00. The Bertz CT molecular complexity index is 362. The Balaban J connectivity index is 2.58. The van der Waals surface area contributed by atoms with E-state index in [-0.39, 0.29) is 0 Å². The lowest BCUT2D eigenvalue weighted by Crippen LogP contribution is -2.60. The summed E-state index contributed by atoms with van der Waals surface area (Å²) in [7, 11) is 0. The highest BCUT2D eigenvalue weighted by Gasteiger charge is 2.45. The standard InChI is InChI=1S/C15H31NO7/c1-14(2,5-6-21-15(3,4)8-16)23-13-12(20)11(19)10(18)9(7-17)22-13/h9-13,17-20H,5-8,16H2,1-4H3. The molecular weight excluding hydrogens is 306 g/mol. The molecule has 1 aliphatic heterocycles. The Labute approximate surface area is 137 Å². The number of hydrogen-bond acceptors (Lipinski definition) is 8. The van der Waals surface area contributed by atoms with Crippen LogP contribution in [0.1, 0.15) is 34.1 Å². The molecule has 5 unspecified atom stereocenters. The highest BCUT2D eigenvalue weighted by atomic mass is 16.7. The first-order chi connectivity index (χ1) is 10.5. The minimum atomic E-state index is -1.45. The quantitative estimate of drug-likeness (QED) is 0.370. The Hall–Kier alpha value is -0.320. The molecule has 0 bridgehead atoms. The predicted octanol–water partition coefficient (Wildman–Crippen LogP) is -1.27. The molecule has 1 rings (SSSR count). The summed E-state index contributed by atoms with van der Waals surface area (Å²) in [6.07, 6.45) is -5.88. The van der Waals surface area contributed by atoms with Gasteiger partial charge >= 0.3 is 0 Å². The molecule has 6 N–H and O–H groups in total. The lowest BCUT2D eigenvalue weighted by molar-refractivity contribution is -0.324. The molecule has 0 aromatic heterocycles. The van der Waals surface area contributed by atoms with Crippen LogP contribution in [0.2, 0.25) is 0 Å². The van der Waals surface area contributed by atoms with Crippen LogP contribution in [0.15, 0.2) is 0 Å². The summed E-state index contributed by atoms with van der Waals surface area (Å²) in [6.45, 7) is 7.67. The number of nitrogens with two attached hydrogens (primary N) is 1. The molecular formula is C15H31NO7. The molecule has 138 valence electrons. The summed E-state index contributed by atoms with van der Waals surface area (Å²) in [5.74, 6) is 0. The number of aliphatic hydroxyl groups is 4. The van der Waals surface area contributed by atoms with Gasteiger partial charge in [0.15, 0.2) is 6.29 Å². The summed E-state index contributed by atoms with van der Waals surface area (Å²) >= 11 is 0. The maximum absolute atomic E-state index is 9.99. The number of ether oxygens (including phenoxy) is 3. The molecule has 0 aliphatic carbocycles. The monoisotopic (exact) mass is 337 g/mol. The van der Waals surface area contributed by atoms with Gasteiger partial charge in [0.2, 0.25) is 0 Å². The number of aliphatic hydroxyl groups excluding tert-OH is 4. The molecule has 23 heavy (non-hydrogen) atoms. The van der Waals surface area contributed by atoms with Gasteiger partial charge in [-0.05, 0) is 34.1 Å². The largest absolute Gasteiger partial charge is 0.394 e. The van der Waals surface area contributed by atoms with Crippen molar-refractivity contribution in [3.05, 3.63) is 0 Å². The average molecular weight is 337 g/mol. The normalized spacial score (nSPS) is 33.0. The molecule has 5 atom stereocenters. The van der Waals surface area contributed by atoms with Gasteiger partial charge in [-0.1, -0.05) is 0 Å². The molecule has 0 aromatic carbocycles. The van der Waals surface area contributed by atoms with Crippen molar-refractivity contribution in [2.24, 2.45) is 5.73 Å². The van der Waals surface area contributed by atoms with Crippen LogP contribution in [0.4, 0.5) is 0 Å². The Morgan fingerprint density at radius 3 is 2.13 bits per heavy atom. The Morgan fingerprint density at radius 1 is 1.00 bits per heavy atom. The molecule has 8 nitrogen and oxygen atoms in total. The van der Waals surface area contributed by atoms with Crippen molar-refractivity contribution >= 4 is 0 Å². The van der Waals surface area contributed by atoms with Gasteiger partial charge in [0, 0.05) is 6.54 Å². The molecule has 0 spiro atoms. The van der Waals surface area contributed by atoms with Gasteiger partial charge in [0.1, 0.15) is 24.4 Å². The predicted molar refractivity (Wildman–Crippen MR) is 82.6 cm³/mol. The van der Waals surface area contributed by atoms with Gasteiger partial charge in [0.25, 0.3) is 0 Å². The zero-order valence-electron chi connectivity index (χ0n) is 14.3. The molecule has 1 aliphatic rings. The SMILES string of the molecule is CC(C)(CN)OCCC(C)(C)OC1OC(CO)C(O)C(O)C1O. The van der Waals surface area contributed by atoms with Gasteiger partial charge in [0.05, 0.1) is 24.4 Å². The van der Waals surface area contributed by atoms with Gasteiger partial charge in [-0.3, -0.25) is 0 Å². The lowest BCUT2D eigenvalue weighted by Gasteiger charge is -2.42. The second-order valence-electron chi connectivity index (χ2n) is 7.14. The van der Waals surface area contributed by atoms with Crippen molar-refractivity contribution in [3.8, 4) is 0 Å². The van der Waals surface area contributed by atoms with Crippen LogP contribution in [0.25, 0.3) is 0 Å². The second kappa shape index (κ2) is 8.17. The number of rotatable bonds is 8. The highest BCUT2D eigenvalue weighted by molar-refractivity contribution is 4.90. The van der Waals surface area contributed by atoms with Crippen LogP contribution in [-0.2, 0) is 14.2 Å². The van der Waals surface area contributed by atoms with Gasteiger partial charge < -0.3 is 40.4 Å². The van der Waals surface area contributed by atoms with E-state index in [2.05, 4.69) is 0 Å². The first-order valence-corrected chi connectivity index (χ1v) is 7.85. The zero-order valence-corrected chi connectivity index (χ0v) is 14.3. The van der Waals surface area contributed by atoms with Crippen molar-refractivity contribution in [2.75, 3.05) is 19.8 Å². The summed E-state index contributed by atoms with van der Waals surface area (Å²) in [4.78, 5) is 0. The van der Waals surface area contributed by atoms with E-state index in [9.17, 15) is 20.4 Å². The van der Waals surface area contributed by atoms with Crippen LogP contribution in [0.3, 0.4) is 0 Å². The third kappa shape index (κ3) is 5.91. The second-order valence-corrected chi connectivity index (χ2v) is 7.14. The minimum Gasteiger partial charge on any atom is -0.394 e. The van der Waals surface area contributed by atoms with Crippen molar-refractivity contribution in [3.63, 3.8) is 0 Å². The molecule has 0 amide bonds. The van der Waals surface area contributed by atoms with E-state index in [1.807, 2.05) is 13.8 Å². The zero-order chi connectivity index (χ0) is 17.8. The van der Waals surface area contributed by atoms with Gasteiger partial charge in [-0.2, -0.15) is 0 Å². The molecule has 1 saturated heterocycles. The Kier molecular flexibility index (Phi) is 7.36. The van der Waals surface area contributed by atoms with Crippen molar-refractivity contribution in [1.29, 1.82) is 0 Å². The third-order valence-corrected chi connectivity index (χ3v) is 3.97. The van der Waals surface area contributed by atoms with E-state index in [0.717, 1.165) is 0 Å².